The van der Waals surface area contributed by atoms with Gasteiger partial charge >= 0.3 is 0 Å². The summed E-state index contributed by atoms with van der Waals surface area (Å²) in [7, 11) is 3.43. The van der Waals surface area contributed by atoms with Crippen LogP contribution in [0, 0.1) is 6.92 Å². The number of amides is 1. The first kappa shape index (κ1) is 14.5. The molecule has 4 nitrogen and oxygen atoms in total. The molecule has 1 unspecified atom stereocenters. The Kier molecular flexibility index (Phi) is 5.16. The van der Waals surface area contributed by atoms with E-state index in [1.165, 1.54) is 4.90 Å². The number of aryl methyl sites for hydroxylation is 1. The highest BCUT2D eigenvalue weighted by Gasteiger charge is 2.16. The van der Waals surface area contributed by atoms with Crippen molar-refractivity contribution in [3.8, 4) is 5.75 Å². The molecule has 0 heterocycles. The van der Waals surface area contributed by atoms with Crippen molar-refractivity contribution in [1.29, 1.82) is 0 Å². The van der Waals surface area contributed by atoms with Gasteiger partial charge in [-0.25, -0.2) is 0 Å². The van der Waals surface area contributed by atoms with Crippen LogP contribution in [0.3, 0.4) is 0 Å². The fraction of sp³-hybridized carbons (Fsp3) is 0.500. The van der Waals surface area contributed by atoms with Gasteiger partial charge in [-0.1, -0.05) is 12.1 Å². The molecule has 1 rings (SSSR count). The number of hydrogen-bond donors (Lipinski definition) is 1. The molecule has 0 bridgehead atoms. The molecule has 0 saturated heterocycles. The molecule has 0 spiro atoms. The normalized spacial score (nSPS) is 12.1. The van der Waals surface area contributed by atoms with E-state index in [-0.39, 0.29) is 5.91 Å². The Morgan fingerprint density at radius 2 is 2.11 bits per heavy atom. The maximum atomic E-state index is 11.7. The van der Waals surface area contributed by atoms with Crippen molar-refractivity contribution < 1.29 is 9.53 Å². The molecule has 4 heteroatoms. The Bertz CT molecular complexity index is 416. The summed E-state index contributed by atoms with van der Waals surface area (Å²) in [5, 5.41) is 0. The van der Waals surface area contributed by atoms with E-state index in [4.69, 9.17) is 10.5 Å². The second kappa shape index (κ2) is 6.40. The van der Waals surface area contributed by atoms with Gasteiger partial charge < -0.3 is 15.4 Å². The van der Waals surface area contributed by atoms with E-state index in [9.17, 15) is 4.79 Å². The lowest BCUT2D eigenvalue weighted by Crippen LogP contribution is -2.41. The van der Waals surface area contributed by atoms with Gasteiger partial charge in [0.25, 0.3) is 0 Å². The lowest BCUT2D eigenvalue weighted by Gasteiger charge is -2.17. The first-order valence-corrected chi connectivity index (χ1v) is 6.14. The quantitative estimate of drug-likeness (QED) is 0.858. The molecular weight excluding hydrogens is 228 g/mol. The predicted octanol–water partition coefficient (Wildman–Crippen LogP) is 1.35. The number of likely N-dealkylation sites (N-methyl/N-ethyl adjacent to an activating group) is 1. The second-order valence-corrected chi connectivity index (χ2v) is 4.58. The topological polar surface area (TPSA) is 55.6 Å². The van der Waals surface area contributed by atoms with E-state index >= 15 is 0 Å². The first-order valence-electron chi connectivity index (χ1n) is 6.14. The van der Waals surface area contributed by atoms with E-state index in [2.05, 4.69) is 0 Å². The van der Waals surface area contributed by atoms with Crippen molar-refractivity contribution >= 4 is 5.91 Å². The molecule has 1 aromatic carbocycles. The highest BCUT2D eigenvalue weighted by Crippen LogP contribution is 2.19. The van der Waals surface area contributed by atoms with E-state index < -0.39 is 6.04 Å². The molecule has 100 valence electrons. The number of nitrogens with two attached hydrogens (primary N) is 1. The van der Waals surface area contributed by atoms with Crippen LogP contribution in [-0.4, -0.2) is 37.6 Å². The zero-order chi connectivity index (χ0) is 13.7. The largest absolute Gasteiger partial charge is 0.494 e. The Morgan fingerprint density at radius 1 is 1.44 bits per heavy atom. The molecule has 0 aliphatic carbocycles. The van der Waals surface area contributed by atoms with Crippen molar-refractivity contribution in [1.82, 2.24) is 4.90 Å². The Balaban J connectivity index is 2.74. The lowest BCUT2D eigenvalue weighted by molar-refractivity contribution is -0.130. The molecule has 1 atom stereocenters. The zero-order valence-corrected chi connectivity index (χ0v) is 11.6. The number of rotatable bonds is 5. The predicted molar refractivity (Wildman–Crippen MR) is 72.7 cm³/mol. The third-order valence-corrected chi connectivity index (χ3v) is 2.75. The second-order valence-electron chi connectivity index (χ2n) is 4.58. The summed E-state index contributed by atoms with van der Waals surface area (Å²) in [6.07, 6.45) is 0.546. The highest BCUT2D eigenvalue weighted by molar-refractivity contribution is 5.81. The SMILES string of the molecule is CCOc1ccc(CC(N)C(=O)N(C)C)cc1C. The summed E-state index contributed by atoms with van der Waals surface area (Å²) in [6, 6.07) is 5.42. The Morgan fingerprint density at radius 3 is 2.61 bits per heavy atom. The minimum Gasteiger partial charge on any atom is -0.494 e. The minimum absolute atomic E-state index is 0.0541. The maximum absolute atomic E-state index is 11.7. The average molecular weight is 250 g/mol. The summed E-state index contributed by atoms with van der Waals surface area (Å²) < 4.78 is 5.48. The smallest absolute Gasteiger partial charge is 0.239 e. The van der Waals surface area contributed by atoms with Crippen LogP contribution in [0.1, 0.15) is 18.1 Å². The van der Waals surface area contributed by atoms with Crippen molar-refractivity contribution in [3.05, 3.63) is 29.3 Å². The Hall–Kier alpha value is -1.55. The van der Waals surface area contributed by atoms with Crippen LogP contribution in [0.5, 0.6) is 5.75 Å². The number of carbonyl (C=O) groups excluding carboxylic acids is 1. The maximum Gasteiger partial charge on any atom is 0.239 e. The van der Waals surface area contributed by atoms with Gasteiger partial charge in [0.15, 0.2) is 0 Å². The van der Waals surface area contributed by atoms with Crippen molar-refractivity contribution in [2.24, 2.45) is 5.73 Å². The van der Waals surface area contributed by atoms with Crippen LogP contribution in [0.2, 0.25) is 0 Å². The summed E-state index contributed by atoms with van der Waals surface area (Å²) in [4.78, 5) is 13.2. The van der Waals surface area contributed by atoms with Crippen LogP contribution in [-0.2, 0) is 11.2 Å². The van der Waals surface area contributed by atoms with Gasteiger partial charge in [-0.15, -0.1) is 0 Å². The fourth-order valence-corrected chi connectivity index (χ4v) is 1.83. The summed E-state index contributed by atoms with van der Waals surface area (Å²) >= 11 is 0. The van der Waals surface area contributed by atoms with Gasteiger partial charge in [0.05, 0.1) is 12.6 Å². The molecule has 0 saturated carbocycles. The van der Waals surface area contributed by atoms with Gasteiger partial charge in [-0.05, 0) is 37.5 Å². The molecule has 2 N–H and O–H groups in total. The van der Waals surface area contributed by atoms with E-state index in [1.807, 2.05) is 32.0 Å². The van der Waals surface area contributed by atoms with Crippen molar-refractivity contribution in [2.45, 2.75) is 26.3 Å². The number of hydrogen-bond acceptors (Lipinski definition) is 3. The van der Waals surface area contributed by atoms with E-state index in [1.54, 1.807) is 14.1 Å². The zero-order valence-electron chi connectivity index (χ0n) is 11.6. The Labute approximate surface area is 109 Å². The first-order chi connectivity index (χ1) is 8.45. The summed E-state index contributed by atoms with van der Waals surface area (Å²) in [5.41, 5.74) is 8.00. The van der Waals surface area contributed by atoms with Crippen molar-refractivity contribution in [3.63, 3.8) is 0 Å². The molecule has 0 radical (unpaired) electrons. The van der Waals surface area contributed by atoms with Gasteiger partial charge in [0.2, 0.25) is 5.91 Å². The van der Waals surface area contributed by atoms with E-state index in [0.717, 1.165) is 16.9 Å². The minimum atomic E-state index is -0.489. The van der Waals surface area contributed by atoms with Crippen LogP contribution in [0.4, 0.5) is 0 Å². The molecule has 18 heavy (non-hydrogen) atoms. The molecule has 1 aromatic rings. The van der Waals surface area contributed by atoms with Crippen LogP contribution in [0.15, 0.2) is 18.2 Å². The third-order valence-electron chi connectivity index (χ3n) is 2.75. The van der Waals surface area contributed by atoms with Gasteiger partial charge in [0, 0.05) is 14.1 Å². The van der Waals surface area contributed by atoms with Gasteiger partial charge in [-0.3, -0.25) is 4.79 Å². The van der Waals surface area contributed by atoms with Gasteiger partial charge in [-0.2, -0.15) is 0 Å². The lowest BCUT2D eigenvalue weighted by atomic mass is 10.0. The number of ether oxygens (including phenoxy) is 1. The summed E-state index contributed by atoms with van der Waals surface area (Å²) in [6.45, 7) is 4.60. The monoisotopic (exact) mass is 250 g/mol. The molecule has 1 amide bonds. The van der Waals surface area contributed by atoms with E-state index in [0.29, 0.717) is 13.0 Å². The highest BCUT2D eigenvalue weighted by atomic mass is 16.5. The standard InChI is InChI=1S/C14H22N2O2/c1-5-18-13-7-6-11(8-10(13)2)9-12(15)14(17)16(3)4/h6-8,12H,5,9,15H2,1-4H3. The number of nitrogens with zero attached hydrogens (tertiary/aromatic N) is 1. The molecule has 0 aliphatic heterocycles. The average Bonchev–Trinajstić information content (AvgIpc) is 2.31. The summed E-state index contributed by atoms with van der Waals surface area (Å²) in [5.74, 6) is 0.829. The van der Waals surface area contributed by atoms with Crippen LogP contribution < -0.4 is 10.5 Å². The van der Waals surface area contributed by atoms with Crippen molar-refractivity contribution in [2.75, 3.05) is 20.7 Å². The number of benzene rings is 1. The molecule has 0 fully saturated rings. The third kappa shape index (κ3) is 3.74. The molecular formula is C14H22N2O2. The molecule has 0 aliphatic rings. The number of carbonyl (C=O) groups is 1. The fourth-order valence-electron chi connectivity index (χ4n) is 1.83. The molecule has 0 aromatic heterocycles. The van der Waals surface area contributed by atoms with Crippen LogP contribution in [0.25, 0.3) is 0 Å². The van der Waals surface area contributed by atoms with Gasteiger partial charge in [0.1, 0.15) is 5.75 Å². The van der Waals surface area contributed by atoms with Crippen LogP contribution >= 0.6 is 0 Å².